The molecule has 0 radical (unpaired) electrons. The predicted octanol–water partition coefficient (Wildman–Crippen LogP) is 6.24. The number of rotatable bonds is 8. The van der Waals surface area contributed by atoms with Crippen LogP contribution in [0, 0.1) is 11.3 Å². The molecule has 0 amide bonds. The topological polar surface area (TPSA) is 91.9 Å². The molecule has 5 rings (SSSR count). The highest BCUT2D eigenvalue weighted by molar-refractivity contribution is 7.89. The molecular weight excluding hydrogens is 514 g/mol. The Bertz CT molecular complexity index is 1740. The van der Waals surface area contributed by atoms with E-state index in [2.05, 4.69) is 11.1 Å². The molecule has 0 aliphatic rings. The highest BCUT2D eigenvalue weighted by atomic mass is 32.2. The number of aromatic nitrogens is 3. The van der Waals surface area contributed by atoms with Crippen molar-refractivity contribution in [3.05, 3.63) is 95.6 Å². The van der Waals surface area contributed by atoms with Crippen molar-refractivity contribution < 1.29 is 8.42 Å². The Morgan fingerprint density at radius 1 is 1.03 bits per heavy atom. The van der Waals surface area contributed by atoms with Crippen molar-refractivity contribution in [3.8, 4) is 23.0 Å². The van der Waals surface area contributed by atoms with E-state index < -0.39 is 10.0 Å². The molecule has 5 aromatic rings. The van der Waals surface area contributed by atoms with Crippen molar-refractivity contribution in [2.45, 2.75) is 18.7 Å². The van der Waals surface area contributed by atoms with E-state index in [9.17, 15) is 13.7 Å². The van der Waals surface area contributed by atoms with Crippen LogP contribution in [0.5, 0.6) is 0 Å². The summed E-state index contributed by atoms with van der Waals surface area (Å²) in [5.74, 6) is 0. The standard InChI is InChI=1S/C29H25N5O2S2/c1-3-33(4-2)38(35,36)25-14-10-11-21(18-25)28-23(20-34(32-28)24-12-6-5-7-13-24)17-22(19-30)29-31-26-15-8-9-16-27(26)37-29/h5-18,20H,3-4H2,1-2H3. The molecule has 38 heavy (non-hydrogen) atoms. The zero-order chi connectivity index (χ0) is 26.7. The first-order valence-electron chi connectivity index (χ1n) is 12.2. The van der Waals surface area contributed by atoms with Crippen LogP contribution in [0.15, 0.2) is 90.0 Å². The summed E-state index contributed by atoms with van der Waals surface area (Å²) in [4.78, 5) is 4.85. The monoisotopic (exact) mass is 539 g/mol. The maximum absolute atomic E-state index is 13.2. The first-order valence-corrected chi connectivity index (χ1v) is 14.4. The molecule has 7 nitrogen and oxygen atoms in total. The number of sulfonamides is 1. The molecule has 0 aliphatic heterocycles. The van der Waals surface area contributed by atoms with Crippen molar-refractivity contribution in [1.29, 1.82) is 5.26 Å². The molecule has 3 aromatic carbocycles. The van der Waals surface area contributed by atoms with Gasteiger partial charge in [0, 0.05) is 30.4 Å². The fourth-order valence-corrected chi connectivity index (χ4v) is 6.67. The second-order valence-corrected chi connectivity index (χ2v) is 11.5. The molecule has 9 heteroatoms. The van der Waals surface area contributed by atoms with Crippen LogP contribution < -0.4 is 0 Å². The lowest BCUT2D eigenvalue weighted by atomic mass is 10.1. The van der Waals surface area contributed by atoms with Crippen LogP contribution in [0.25, 0.3) is 38.8 Å². The van der Waals surface area contributed by atoms with E-state index in [0.717, 1.165) is 15.9 Å². The quantitative estimate of drug-likeness (QED) is 0.218. The van der Waals surface area contributed by atoms with Gasteiger partial charge in [-0.1, -0.05) is 56.3 Å². The van der Waals surface area contributed by atoms with E-state index in [1.807, 2.05) is 80.7 Å². The highest BCUT2D eigenvalue weighted by Crippen LogP contribution is 2.32. The van der Waals surface area contributed by atoms with Crippen molar-refractivity contribution in [1.82, 2.24) is 19.1 Å². The molecule has 0 saturated carbocycles. The zero-order valence-electron chi connectivity index (χ0n) is 20.9. The molecule has 2 aromatic heterocycles. The van der Waals surface area contributed by atoms with E-state index in [1.165, 1.54) is 15.6 Å². The number of benzene rings is 3. The van der Waals surface area contributed by atoms with E-state index in [1.54, 1.807) is 29.0 Å². The largest absolute Gasteiger partial charge is 0.243 e. The van der Waals surface area contributed by atoms with Crippen LogP contribution in [0.1, 0.15) is 24.4 Å². The Morgan fingerprint density at radius 3 is 2.47 bits per heavy atom. The van der Waals surface area contributed by atoms with E-state index in [4.69, 9.17) is 5.10 Å². The van der Waals surface area contributed by atoms with Gasteiger partial charge in [-0.2, -0.15) is 14.7 Å². The highest BCUT2D eigenvalue weighted by Gasteiger charge is 2.23. The summed E-state index contributed by atoms with van der Waals surface area (Å²) in [5, 5.41) is 15.5. The third-order valence-electron chi connectivity index (χ3n) is 6.16. The average Bonchev–Trinajstić information content (AvgIpc) is 3.57. The van der Waals surface area contributed by atoms with Gasteiger partial charge in [-0.15, -0.1) is 11.3 Å². The molecule has 0 bridgehead atoms. The summed E-state index contributed by atoms with van der Waals surface area (Å²) in [6.45, 7) is 4.41. The van der Waals surface area contributed by atoms with Crippen LogP contribution in [0.3, 0.4) is 0 Å². The lowest BCUT2D eigenvalue weighted by molar-refractivity contribution is 0.445. The van der Waals surface area contributed by atoms with Crippen molar-refractivity contribution in [2.24, 2.45) is 0 Å². The fourth-order valence-electron chi connectivity index (χ4n) is 4.23. The Hall–Kier alpha value is -4.10. The number of hydrogen-bond donors (Lipinski definition) is 0. The summed E-state index contributed by atoms with van der Waals surface area (Å²) in [5.41, 5.74) is 3.98. The summed E-state index contributed by atoms with van der Waals surface area (Å²) in [6.07, 6.45) is 3.62. The first kappa shape index (κ1) is 25.5. The Kier molecular flexibility index (Phi) is 7.20. The molecule has 190 valence electrons. The molecule has 0 N–H and O–H groups in total. The van der Waals surface area contributed by atoms with Gasteiger partial charge < -0.3 is 0 Å². The molecular formula is C29H25N5O2S2. The number of allylic oxidation sites excluding steroid dienone is 1. The van der Waals surface area contributed by atoms with Gasteiger partial charge in [-0.05, 0) is 42.5 Å². The van der Waals surface area contributed by atoms with Crippen LogP contribution in [0.2, 0.25) is 0 Å². The SMILES string of the molecule is CCN(CC)S(=O)(=O)c1cccc(-c2nn(-c3ccccc3)cc2C=C(C#N)c2nc3ccccc3s2)c1. The molecule has 0 atom stereocenters. The van der Waals surface area contributed by atoms with Crippen LogP contribution in [0.4, 0.5) is 0 Å². The third-order valence-corrected chi connectivity index (χ3v) is 9.27. The molecule has 0 fully saturated rings. The number of nitriles is 1. The van der Waals surface area contributed by atoms with Crippen molar-refractivity contribution in [2.75, 3.05) is 13.1 Å². The van der Waals surface area contributed by atoms with Gasteiger partial charge in [0.2, 0.25) is 10.0 Å². The van der Waals surface area contributed by atoms with E-state index >= 15 is 0 Å². The minimum atomic E-state index is -3.65. The van der Waals surface area contributed by atoms with Gasteiger partial charge in [-0.25, -0.2) is 18.1 Å². The number of nitrogens with zero attached hydrogens (tertiary/aromatic N) is 5. The van der Waals surface area contributed by atoms with Gasteiger partial charge in [-0.3, -0.25) is 0 Å². The minimum absolute atomic E-state index is 0.203. The summed E-state index contributed by atoms with van der Waals surface area (Å²) in [7, 11) is -3.65. The Morgan fingerprint density at radius 2 is 1.76 bits per heavy atom. The Labute approximate surface area is 226 Å². The van der Waals surface area contributed by atoms with Gasteiger partial charge in [0.05, 0.1) is 26.4 Å². The lowest BCUT2D eigenvalue weighted by Crippen LogP contribution is -2.30. The average molecular weight is 540 g/mol. The van der Waals surface area contributed by atoms with Crippen LogP contribution in [-0.4, -0.2) is 40.6 Å². The van der Waals surface area contributed by atoms with Gasteiger partial charge in [0.25, 0.3) is 0 Å². The summed E-state index contributed by atoms with van der Waals surface area (Å²) >= 11 is 1.45. The second kappa shape index (κ2) is 10.7. The third kappa shape index (κ3) is 4.89. The maximum atomic E-state index is 13.2. The number of para-hydroxylation sites is 2. The fraction of sp³-hybridized carbons (Fsp3) is 0.138. The summed E-state index contributed by atoms with van der Waals surface area (Å²) < 4.78 is 30.6. The van der Waals surface area contributed by atoms with E-state index in [-0.39, 0.29) is 4.90 Å². The number of thiazole rings is 1. The molecule has 0 saturated heterocycles. The lowest BCUT2D eigenvalue weighted by Gasteiger charge is -2.18. The first-order chi connectivity index (χ1) is 18.4. The van der Waals surface area contributed by atoms with E-state index in [0.29, 0.717) is 40.5 Å². The Balaban J connectivity index is 1.66. The van der Waals surface area contributed by atoms with Gasteiger partial charge >= 0.3 is 0 Å². The van der Waals surface area contributed by atoms with Crippen LogP contribution >= 0.6 is 11.3 Å². The summed E-state index contributed by atoms with van der Waals surface area (Å²) in [6, 6.07) is 26.5. The van der Waals surface area contributed by atoms with Crippen molar-refractivity contribution in [3.63, 3.8) is 0 Å². The zero-order valence-corrected chi connectivity index (χ0v) is 22.6. The van der Waals surface area contributed by atoms with Crippen LogP contribution in [-0.2, 0) is 10.0 Å². The van der Waals surface area contributed by atoms with Gasteiger partial charge in [0.1, 0.15) is 16.8 Å². The number of fused-ring (bicyclic) bond motifs is 1. The smallest absolute Gasteiger partial charge is 0.240 e. The van der Waals surface area contributed by atoms with Gasteiger partial charge in [0.15, 0.2) is 0 Å². The normalized spacial score (nSPS) is 12.2. The number of hydrogen-bond acceptors (Lipinski definition) is 6. The molecule has 0 spiro atoms. The molecule has 2 heterocycles. The maximum Gasteiger partial charge on any atom is 0.243 e. The predicted molar refractivity (Wildman–Crippen MR) is 152 cm³/mol. The second-order valence-electron chi connectivity index (χ2n) is 8.49. The minimum Gasteiger partial charge on any atom is -0.240 e. The molecule has 0 unspecified atom stereocenters. The molecule has 0 aliphatic carbocycles. The van der Waals surface area contributed by atoms with Crippen molar-refractivity contribution >= 4 is 43.2 Å².